The van der Waals surface area contributed by atoms with Crippen molar-refractivity contribution in [2.24, 2.45) is 7.05 Å². The normalized spacial score (nSPS) is 11.3. The molecule has 0 radical (unpaired) electrons. The van der Waals surface area contributed by atoms with Gasteiger partial charge in [-0.15, -0.1) is 0 Å². The van der Waals surface area contributed by atoms with Crippen LogP contribution in [0.25, 0.3) is 21.8 Å². The Labute approximate surface area is 204 Å². The first kappa shape index (κ1) is 24.2. The van der Waals surface area contributed by atoms with Crippen molar-refractivity contribution in [3.63, 3.8) is 0 Å². The van der Waals surface area contributed by atoms with Gasteiger partial charge in [0, 0.05) is 43.5 Å². The highest BCUT2D eigenvalue weighted by Gasteiger charge is 2.14. The Hall–Kier alpha value is -3.91. The van der Waals surface area contributed by atoms with Crippen LogP contribution in [0.3, 0.4) is 0 Å². The highest BCUT2D eigenvalue weighted by Crippen LogP contribution is 2.20. The molecule has 0 aliphatic rings. The largest absolute Gasteiger partial charge is 0.351 e. The molecule has 4 aromatic rings. The topological polar surface area (TPSA) is 88.4 Å². The standard InChI is InChI=1S/C27H31N5O3/c1-30(2)15-8-14-28-27(35)24-17-19(18-31(24)3)29-25(33)13-16-32-22-11-6-4-9-20(22)26(34)21-10-5-7-12-23(21)32/h4-7,9-12,17-18H,8,13-16H2,1-3H3,(H,28,35)(H,29,33). The van der Waals surface area contributed by atoms with Crippen LogP contribution in [0.5, 0.6) is 0 Å². The highest BCUT2D eigenvalue weighted by molar-refractivity contribution is 5.97. The molecule has 4 rings (SSSR count). The average molecular weight is 474 g/mol. The van der Waals surface area contributed by atoms with Gasteiger partial charge in [0.1, 0.15) is 5.69 Å². The predicted molar refractivity (Wildman–Crippen MR) is 140 cm³/mol. The third-order valence-corrected chi connectivity index (χ3v) is 6.03. The van der Waals surface area contributed by atoms with Crippen molar-refractivity contribution in [1.82, 2.24) is 19.4 Å². The summed E-state index contributed by atoms with van der Waals surface area (Å²) in [4.78, 5) is 40.3. The number of aromatic nitrogens is 2. The second-order valence-electron chi connectivity index (χ2n) is 8.95. The van der Waals surface area contributed by atoms with Crippen LogP contribution in [-0.2, 0) is 18.4 Å². The van der Waals surface area contributed by atoms with Gasteiger partial charge in [0.25, 0.3) is 5.91 Å². The molecule has 2 aromatic heterocycles. The number of hydrogen-bond acceptors (Lipinski definition) is 4. The van der Waals surface area contributed by atoms with E-state index in [9.17, 15) is 14.4 Å². The van der Waals surface area contributed by atoms with Gasteiger partial charge >= 0.3 is 0 Å². The molecule has 0 saturated carbocycles. The molecule has 2 N–H and O–H groups in total. The number of aryl methyl sites for hydroxylation is 2. The molecule has 0 bridgehead atoms. The lowest BCUT2D eigenvalue weighted by Gasteiger charge is -2.15. The number of nitrogens with one attached hydrogen (secondary N) is 2. The summed E-state index contributed by atoms with van der Waals surface area (Å²) in [5, 5.41) is 7.09. The number of carbonyl (C=O) groups is 2. The second-order valence-corrected chi connectivity index (χ2v) is 8.95. The van der Waals surface area contributed by atoms with Crippen LogP contribution in [0.15, 0.2) is 65.6 Å². The van der Waals surface area contributed by atoms with Crippen molar-refractivity contribution >= 4 is 39.3 Å². The van der Waals surface area contributed by atoms with Gasteiger partial charge in [-0.2, -0.15) is 0 Å². The number of para-hydroxylation sites is 2. The monoisotopic (exact) mass is 473 g/mol. The molecule has 35 heavy (non-hydrogen) atoms. The first-order chi connectivity index (χ1) is 16.8. The Morgan fingerprint density at radius 1 is 0.971 bits per heavy atom. The quantitative estimate of drug-likeness (QED) is 0.289. The van der Waals surface area contributed by atoms with E-state index in [0.29, 0.717) is 35.2 Å². The smallest absolute Gasteiger partial charge is 0.267 e. The summed E-state index contributed by atoms with van der Waals surface area (Å²) in [6, 6.07) is 16.6. The summed E-state index contributed by atoms with van der Waals surface area (Å²) in [7, 11) is 5.77. The molecule has 0 unspecified atom stereocenters. The minimum Gasteiger partial charge on any atom is -0.351 e. The molecule has 2 heterocycles. The number of amides is 2. The van der Waals surface area contributed by atoms with E-state index in [1.54, 1.807) is 23.9 Å². The summed E-state index contributed by atoms with van der Waals surface area (Å²) in [5.41, 5.74) is 2.66. The molecular weight excluding hydrogens is 442 g/mol. The van der Waals surface area contributed by atoms with Gasteiger partial charge in [0.15, 0.2) is 5.43 Å². The van der Waals surface area contributed by atoms with Crippen LogP contribution >= 0.6 is 0 Å². The van der Waals surface area contributed by atoms with Crippen molar-refractivity contribution in [2.45, 2.75) is 19.4 Å². The Bertz CT molecular complexity index is 1370. The summed E-state index contributed by atoms with van der Waals surface area (Å²) in [5.74, 6) is -0.335. The van der Waals surface area contributed by atoms with Gasteiger partial charge < -0.3 is 24.7 Å². The fourth-order valence-electron chi connectivity index (χ4n) is 4.30. The molecule has 182 valence electrons. The van der Waals surface area contributed by atoms with Crippen LogP contribution in [0.1, 0.15) is 23.3 Å². The van der Waals surface area contributed by atoms with Gasteiger partial charge in [-0.25, -0.2) is 0 Å². The molecule has 0 saturated heterocycles. The van der Waals surface area contributed by atoms with E-state index in [1.165, 1.54) is 0 Å². The molecule has 2 amide bonds. The maximum atomic E-state index is 12.9. The molecular formula is C27H31N5O3. The van der Waals surface area contributed by atoms with Crippen LogP contribution in [0.4, 0.5) is 5.69 Å². The lowest BCUT2D eigenvalue weighted by Crippen LogP contribution is -2.28. The molecule has 0 spiro atoms. The minimum atomic E-state index is -0.169. The zero-order chi connectivity index (χ0) is 24.9. The Morgan fingerprint density at radius 3 is 2.23 bits per heavy atom. The van der Waals surface area contributed by atoms with Gasteiger partial charge in [-0.3, -0.25) is 14.4 Å². The average Bonchev–Trinajstić information content (AvgIpc) is 3.21. The van der Waals surface area contributed by atoms with Crippen molar-refractivity contribution < 1.29 is 9.59 Å². The summed E-state index contributed by atoms with van der Waals surface area (Å²) in [6.45, 7) is 1.90. The number of hydrogen-bond donors (Lipinski definition) is 2. The first-order valence-electron chi connectivity index (χ1n) is 11.7. The SMILES string of the molecule is CN(C)CCCNC(=O)c1cc(NC(=O)CCn2c3ccccc3c(=O)c3ccccc32)cn1C. The van der Waals surface area contributed by atoms with Crippen molar-refractivity contribution in [3.8, 4) is 0 Å². The van der Waals surface area contributed by atoms with Crippen molar-refractivity contribution in [1.29, 1.82) is 0 Å². The van der Waals surface area contributed by atoms with E-state index < -0.39 is 0 Å². The number of nitrogens with zero attached hydrogens (tertiary/aromatic N) is 3. The van der Waals surface area contributed by atoms with Gasteiger partial charge in [0.2, 0.25) is 5.91 Å². The van der Waals surface area contributed by atoms with Gasteiger partial charge in [-0.1, -0.05) is 24.3 Å². The highest BCUT2D eigenvalue weighted by atomic mass is 16.2. The fourth-order valence-corrected chi connectivity index (χ4v) is 4.30. The Balaban J connectivity index is 1.45. The van der Waals surface area contributed by atoms with Crippen LogP contribution < -0.4 is 16.1 Å². The van der Waals surface area contributed by atoms with E-state index in [4.69, 9.17) is 0 Å². The van der Waals surface area contributed by atoms with E-state index in [0.717, 1.165) is 24.0 Å². The molecule has 0 fully saturated rings. The maximum absolute atomic E-state index is 12.9. The molecule has 0 aliphatic carbocycles. The lowest BCUT2D eigenvalue weighted by atomic mass is 10.1. The Morgan fingerprint density at radius 2 is 1.60 bits per heavy atom. The number of rotatable bonds is 9. The van der Waals surface area contributed by atoms with Gasteiger partial charge in [0.05, 0.1) is 16.7 Å². The molecule has 8 nitrogen and oxygen atoms in total. The number of anilines is 1. The first-order valence-corrected chi connectivity index (χ1v) is 11.7. The lowest BCUT2D eigenvalue weighted by molar-refractivity contribution is -0.116. The zero-order valence-electron chi connectivity index (χ0n) is 20.4. The van der Waals surface area contributed by atoms with Crippen LogP contribution in [0, 0.1) is 0 Å². The minimum absolute atomic E-state index is 0.00583. The van der Waals surface area contributed by atoms with Crippen molar-refractivity contribution in [3.05, 3.63) is 76.7 Å². The van der Waals surface area contributed by atoms with E-state index >= 15 is 0 Å². The van der Waals surface area contributed by atoms with Crippen LogP contribution in [-0.4, -0.2) is 53.0 Å². The molecule has 0 atom stereocenters. The Kier molecular flexibility index (Phi) is 7.31. The maximum Gasteiger partial charge on any atom is 0.267 e. The number of benzene rings is 2. The van der Waals surface area contributed by atoms with E-state index in [1.807, 2.05) is 67.2 Å². The molecule has 2 aromatic carbocycles. The summed E-state index contributed by atoms with van der Waals surface area (Å²) in [6.07, 6.45) is 2.82. The van der Waals surface area contributed by atoms with Crippen molar-refractivity contribution in [2.75, 3.05) is 32.5 Å². The molecule has 8 heteroatoms. The van der Waals surface area contributed by atoms with Crippen LogP contribution in [0.2, 0.25) is 0 Å². The van der Waals surface area contributed by atoms with E-state index in [-0.39, 0.29) is 23.7 Å². The van der Waals surface area contributed by atoms with E-state index in [2.05, 4.69) is 15.5 Å². The third-order valence-electron chi connectivity index (χ3n) is 6.03. The second kappa shape index (κ2) is 10.6. The summed E-state index contributed by atoms with van der Waals surface area (Å²) < 4.78 is 3.73. The number of carbonyl (C=O) groups excluding carboxylic acids is 2. The summed E-state index contributed by atoms with van der Waals surface area (Å²) >= 11 is 0. The zero-order valence-corrected chi connectivity index (χ0v) is 20.4. The fraction of sp³-hybridized carbons (Fsp3) is 0.296. The van der Waals surface area contributed by atoms with Gasteiger partial charge in [-0.05, 0) is 57.4 Å². The third kappa shape index (κ3) is 5.44. The number of pyridine rings is 1. The molecule has 0 aliphatic heterocycles. The number of fused-ring (bicyclic) bond motifs is 2. The predicted octanol–water partition coefficient (Wildman–Crippen LogP) is 3.20.